The van der Waals surface area contributed by atoms with Gasteiger partial charge in [0.25, 0.3) is 0 Å². The summed E-state index contributed by atoms with van der Waals surface area (Å²) in [5.41, 5.74) is 0. The van der Waals surface area contributed by atoms with Gasteiger partial charge in [0.1, 0.15) is 0 Å². The Morgan fingerprint density at radius 3 is 2.56 bits per heavy atom. The first kappa shape index (κ1) is 8.86. The van der Waals surface area contributed by atoms with Crippen molar-refractivity contribution in [3.05, 3.63) is 0 Å². The summed E-state index contributed by atoms with van der Waals surface area (Å²) >= 11 is 0. The number of carbonyl (C=O) groups excluding carboxylic acids is 1. The van der Waals surface area contributed by atoms with Crippen LogP contribution in [-0.2, 0) is 4.79 Å². The summed E-state index contributed by atoms with van der Waals surface area (Å²) in [5.74, 6) is 0. The van der Waals surface area contributed by atoms with Gasteiger partial charge in [-0.1, -0.05) is 9.39 Å². The van der Waals surface area contributed by atoms with Gasteiger partial charge in [0.15, 0.2) is 0 Å². The van der Waals surface area contributed by atoms with Gasteiger partial charge in [0, 0.05) is 6.54 Å². The van der Waals surface area contributed by atoms with E-state index in [4.69, 9.17) is 0 Å². The predicted molar refractivity (Wildman–Crippen MR) is 41.0 cm³/mol. The van der Waals surface area contributed by atoms with Crippen LogP contribution in [0, 0.1) is 0 Å². The summed E-state index contributed by atoms with van der Waals surface area (Å²) in [5, 5.41) is 5.54. The third-order valence-electron chi connectivity index (χ3n) is 0.976. The van der Waals surface area contributed by atoms with E-state index in [0.717, 1.165) is 32.3 Å². The van der Waals surface area contributed by atoms with Crippen molar-refractivity contribution in [1.29, 1.82) is 0 Å². The molecule has 0 saturated carbocycles. The fourth-order valence-electron chi connectivity index (χ4n) is 0.513. The Balaban J connectivity index is 2.66. The molecule has 0 aliphatic rings. The van der Waals surface area contributed by atoms with E-state index in [1.807, 2.05) is 0 Å². The summed E-state index contributed by atoms with van der Waals surface area (Å²) in [6, 6.07) is 0. The first-order valence-electron chi connectivity index (χ1n) is 3.02. The molecule has 0 aliphatic heterocycles. The van der Waals surface area contributed by atoms with Crippen LogP contribution in [0.5, 0.6) is 0 Å². The van der Waals surface area contributed by atoms with E-state index in [2.05, 4.69) is 19.8 Å². The van der Waals surface area contributed by atoms with Crippen LogP contribution in [0.1, 0.15) is 12.8 Å². The molecule has 0 radical (unpaired) electrons. The minimum absolute atomic E-state index is 0.730. The Hall–Kier alpha value is -0.140. The monoisotopic (exact) mass is 148 g/mol. The maximum atomic E-state index is 9.71. The molecule has 2 N–H and O–H groups in total. The Labute approximate surface area is 57.8 Å². The van der Waals surface area contributed by atoms with Crippen molar-refractivity contribution >= 4 is 15.8 Å². The number of hydrogen-bond donors (Lipinski definition) is 2. The van der Waals surface area contributed by atoms with Gasteiger partial charge in [-0.3, -0.25) is 4.79 Å². The van der Waals surface area contributed by atoms with Gasteiger partial charge in [-0.2, -0.15) is 0 Å². The van der Waals surface area contributed by atoms with Crippen LogP contribution in [0.25, 0.3) is 0 Å². The first-order valence-corrected chi connectivity index (χ1v) is 3.60. The second-order valence-electron chi connectivity index (χ2n) is 1.73. The number of rotatable bonds is 6. The lowest BCUT2D eigenvalue weighted by Gasteiger charge is -1.97. The molecule has 1 amide bonds. The third-order valence-corrected chi connectivity index (χ3v) is 1.26. The number of nitrogens with one attached hydrogen (secondary N) is 2. The zero-order valence-electron chi connectivity index (χ0n) is 5.39. The molecular weight excluding hydrogens is 135 g/mol. The van der Waals surface area contributed by atoms with Crippen molar-refractivity contribution in [2.45, 2.75) is 12.8 Å². The highest BCUT2D eigenvalue weighted by atomic mass is 31.0. The molecule has 0 saturated heterocycles. The molecule has 0 aromatic rings. The van der Waals surface area contributed by atoms with Gasteiger partial charge >= 0.3 is 0 Å². The number of unbranched alkanes of at least 4 members (excludes halogenated alkanes) is 1. The molecular formula is C5H13N2OP. The Kier molecular flexibility index (Phi) is 7.74. The van der Waals surface area contributed by atoms with Crippen LogP contribution in [0.4, 0.5) is 0 Å². The highest BCUT2D eigenvalue weighted by Crippen LogP contribution is 1.84. The minimum Gasteiger partial charge on any atom is -0.359 e. The summed E-state index contributed by atoms with van der Waals surface area (Å²) < 4.78 is 0. The number of carbonyl (C=O) groups is 1. The van der Waals surface area contributed by atoms with Gasteiger partial charge in [-0.15, -0.1) is 0 Å². The molecule has 0 spiro atoms. The van der Waals surface area contributed by atoms with Crippen LogP contribution in [0.3, 0.4) is 0 Å². The van der Waals surface area contributed by atoms with E-state index < -0.39 is 0 Å². The van der Waals surface area contributed by atoms with Gasteiger partial charge in [-0.05, 0) is 19.4 Å². The summed E-state index contributed by atoms with van der Waals surface area (Å²) in [6.45, 7) is 1.78. The Bertz CT molecular complexity index is 70.0. The third kappa shape index (κ3) is 7.86. The summed E-state index contributed by atoms with van der Waals surface area (Å²) in [4.78, 5) is 9.71. The molecule has 1 unspecified atom stereocenters. The van der Waals surface area contributed by atoms with Crippen LogP contribution in [0.15, 0.2) is 0 Å². The van der Waals surface area contributed by atoms with Crippen molar-refractivity contribution in [3.63, 3.8) is 0 Å². The van der Waals surface area contributed by atoms with Gasteiger partial charge in [0.05, 0.1) is 0 Å². The molecule has 0 aromatic carbocycles. The molecule has 3 nitrogen and oxygen atoms in total. The lowest BCUT2D eigenvalue weighted by Crippen LogP contribution is -2.13. The Morgan fingerprint density at radius 1 is 1.33 bits per heavy atom. The molecule has 0 aliphatic carbocycles. The quantitative estimate of drug-likeness (QED) is 0.313. The fourth-order valence-corrected chi connectivity index (χ4v) is 0.717. The predicted octanol–water partition coefficient (Wildman–Crippen LogP) is -0.108. The fraction of sp³-hybridized carbons (Fsp3) is 0.800. The largest absolute Gasteiger partial charge is 0.359 e. The SMILES string of the molecule is O=CNCCCCNP. The van der Waals surface area contributed by atoms with Gasteiger partial charge in [-0.25, -0.2) is 0 Å². The van der Waals surface area contributed by atoms with Gasteiger partial charge < -0.3 is 10.4 Å². The maximum Gasteiger partial charge on any atom is 0.207 e. The van der Waals surface area contributed by atoms with Crippen molar-refractivity contribution in [3.8, 4) is 0 Å². The van der Waals surface area contributed by atoms with E-state index >= 15 is 0 Å². The molecule has 9 heavy (non-hydrogen) atoms. The minimum atomic E-state index is 0.730. The standard InChI is InChI=1S/C5H13N2OP/c8-5-6-3-1-2-4-7-9/h5,7H,1-4,9H2,(H,6,8). The van der Waals surface area contributed by atoms with E-state index in [-0.39, 0.29) is 0 Å². The number of hydrogen-bond acceptors (Lipinski definition) is 2. The van der Waals surface area contributed by atoms with Crippen LogP contribution in [0.2, 0.25) is 0 Å². The second-order valence-corrected chi connectivity index (χ2v) is 2.14. The highest BCUT2D eigenvalue weighted by Gasteiger charge is 1.83. The average molecular weight is 148 g/mol. The molecule has 0 fully saturated rings. The lowest BCUT2D eigenvalue weighted by molar-refractivity contribution is -0.109. The van der Waals surface area contributed by atoms with Crippen LogP contribution in [-0.4, -0.2) is 19.5 Å². The van der Waals surface area contributed by atoms with Crippen molar-refractivity contribution in [2.75, 3.05) is 13.1 Å². The number of amides is 1. The second kappa shape index (κ2) is 7.86. The molecule has 1 atom stereocenters. The molecule has 4 heteroatoms. The van der Waals surface area contributed by atoms with E-state index in [9.17, 15) is 4.79 Å². The lowest BCUT2D eigenvalue weighted by atomic mass is 10.3. The first-order chi connectivity index (χ1) is 4.41. The zero-order valence-corrected chi connectivity index (χ0v) is 6.55. The van der Waals surface area contributed by atoms with Crippen LogP contribution >= 0.6 is 9.39 Å². The molecule has 0 rings (SSSR count). The van der Waals surface area contributed by atoms with Crippen molar-refractivity contribution in [1.82, 2.24) is 10.4 Å². The summed E-state index contributed by atoms with van der Waals surface area (Å²) in [7, 11) is 2.44. The highest BCUT2D eigenvalue weighted by molar-refractivity contribution is 7.13. The van der Waals surface area contributed by atoms with E-state index in [0.29, 0.717) is 0 Å². The normalized spacial score (nSPS) is 9.00. The smallest absolute Gasteiger partial charge is 0.207 e. The average Bonchev–Trinajstić information content (AvgIpc) is 1.89. The van der Waals surface area contributed by atoms with Crippen molar-refractivity contribution in [2.24, 2.45) is 0 Å². The van der Waals surface area contributed by atoms with Crippen molar-refractivity contribution < 1.29 is 4.79 Å². The molecule has 54 valence electrons. The van der Waals surface area contributed by atoms with Crippen LogP contribution < -0.4 is 10.4 Å². The molecule has 0 bridgehead atoms. The molecule has 0 heterocycles. The summed E-state index contributed by atoms with van der Waals surface area (Å²) in [6.07, 6.45) is 2.87. The maximum absolute atomic E-state index is 9.71. The Morgan fingerprint density at radius 2 is 2.00 bits per heavy atom. The van der Waals surface area contributed by atoms with E-state index in [1.165, 1.54) is 0 Å². The topological polar surface area (TPSA) is 41.1 Å². The van der Waals surface area contributed by atoms with Gasteiger partial charge in [0.2, 0.25) is 6.41 Å². The zero-order chi connectivity index (χ0) is 6.95. The molecule has 0 aromatic heterocycles. The van der Waals surface area contributed by atoms with E-state index in [1.54, 1.807) is 0 Å².